The lowest BCUT2D eigenvalue weighted by Crippen LogP contribution is -2.30. The highest BCUT2D eigenvalue weighted by Crippen LogP contribution is 2.31. The number of hydrogen-bond donors (Lipinski definition) is 2. The maximum atomic E-state index is 12.1. The van der Waals surface area contributed by atoms with Crippen LogP contribution in [0.3, 0.4) is 0 Å². The second kappa shape index (κ2) is 4.27. The lowest BCUT2D eigenvalue weighted by atomic mass is 10.0. The standard InChI is InChI=1S/C11H11F3N2O/c12-11(13,14)10(17)16-8-5-1-3-7-4-2-6-15-9(7)8/h1,3,5,15H,2,4,6H2,(H,16,17). The number of aryl methyl sites for hydroxylation is 1. The number of benzene rings is 1. The van der Waals surface area contributed by atoms with Crippen LogP contribution in [0, 0.1) is 0 Å². The number of rotatable bonds is 1. The highest BCUT2D eigenvalue weighted by molar-refractivity contribution is 5.98. The number of carbonyl (C=O) groups excluding carboxylic acids is 1. The third-order valence-electron chi connectivity index (χ3n) is 2.58. The first kappa shape index (κ1) is 11.8. The predicted octanol–water partition coefficient (Wildman–Crippen LogP) is 2.55. The molecule has 6 heteroatoms. The van der Waals surface area contributed by atoms with Crippen LogP contribution in [0.15, 0.2) is 18.2 Å². The smallest absolute Gasteiger partial charge is 0.383 e. The minimum absolute atomic E-state index is 0.185. The second-order valence-electron chi connectivity index (χ2n) is 3.82. The molecule has 0 spiro atoms. The Hall–Kier alpha value is -1.72. The average Bonchev–Trinajstić information content (AvgIpc) is 2.28. The van der Waals surface area contributed by atoms with Crippen LogP contribution >= 0.6 is 0 Å². The fraction of sp³-hybridized carbons (Fsp3) is 0.364. The highest BCUT2D eigenvalue weighted by atomic mass is 19.4. The van der Waals surface area contributed by atoms with E-state index in [2.05, 4.69) is 5.32 Å². The molecule has 0 unspecified atom stereocenters. The SMILES string of the molecule is O=C(Nc1cccc2c1NCCC2)C(F)(F)F. The van der Waals surface area contributed by atoms with E-state index in [-0.39, 0.29) is 5.69 Å². The van der Waals surface area contributed by atoms with E-state index in [1.165, 1.54) is 6.07 Å². The van der Waals surface area contributed by atoms with E-state index in [1.54, 1.807) is 6.07 Å². The molecule has 0 aliphatic carbocycles. The topological polar surface area (TPSA) is 41.1 Å². The molecular formula is C11H11F3N2O. The second-order valence-corrected chi connectivity index (χ2v) is 3.82. The van der Waals surface area contributed by atoms with Crippen molar-refractivity contribution in [3.63, 3.8) is 0 Å². The quantitative estimate of drug-likeness (QED) is 0.797. The molecule has 3 nitrogen and oxygen atoms in total. The Labute approximate surface area is 96.0 Å². The molecule has 0 atom stereocenters. The van der Waals surface area contributed by atoms with E-state index < -0.39 is 12.1 Å². The molecule has 1 heterocycles. The van der Waals surface area contributed by atoms with E-state index >= 15 is 0 Å². The minimum atomic E-state index is -4.86. The maximum Gasteiger partial charge on any atom is 0.471 e. The summed E-state index contributed by atoms with van der Waals surface area (Å²) in [5, 5.41) is 4.89. The van der Waals surface area contributed by atoms with Gasteiger partial charge in [0.1, 0.15) is 0 Å². The van der Waals surface area contributed by atoms with Gasteiger partial charge < -0.3 is 10.6 Å². The fourth-order valence-electron chi connectivity index (χ4n) is 1.81. The number of hydrogen-bond acceptors (Lipinski definition) is 2. The fourth-order valence-corrected chi connectivity index (χ4v) is 1.81. The number of para-hydroxylation sites is 1. The van der Waals surface area contributed by atoms with Crippen LogP contribution in [0.2, 0.25) is 0 Å². The molecule has 1 aliphatic heterocycles. The first-order valence-electron chi connectivity index (χ1n) is 5.22. The predicted molar refractivity (Wildman–Crippen MR) is 57.9 cm³/mol. The zero-order chi connectivity index (χ0) is 12.5. The van der Waals surface area contributed by atoms with Gasteiger partial charge in [0.15, 0.2) is 0 Å². The van der Waals surface area contributed by atoms with Crippen molar-refractivity contribution < 1.29 is 18.0 Å². The molecule has 1 amide bonds. The largest absolute Gasteiger partial charge is 0.471 e. The third-order valence-corrected chi connectivity index (χ3v) is 2.58. The first-order valence-corrected chi connectivity index (χ1v) is 5.22. The Balaban J connectivity index is 2.25. The van der Waals surface area contributed by atoms with Gasteiger partial charge in [-0.25, -0.2) is 0 Å². The normalized spacial score (nSPS) is 14.8. The number of alkyl halides is 3. The van der Waals surface area contributed by atoms with Gasteiger partial charge in [-0.15, -0.1) is 0 Å². The Bertz CT molecular complexity index is 443. The summed E-state index contributed by atoms with van der Waals surface area (Å²) in [6, 6.07) is 4.93. The van der Waals surface area contributed by atoms with E-state index in [0.717, 1.165) is 18.4 Å². The summed E-state index contributed by atoms with van der Waals surface area (Å²) >= 11 is 0. The molecule has 92 valence electrons. The molecule has 0 saturated carbocycles. The summed E-state index contributed by atoms with van der Waals surface area (Å²) in [6.45, 7) is 0.700. The molecule has 17 heavy (non-hydrogen) atoms. The van der Waals surface area contributed by atoms with Crippen molar-refractivity contribution in [2.24, 2.45) is 0 Å². The van der Waals surface area contributed by atoms with E-state index in [1.807, 2.05) is 11.4 Å². The van der Waals surface area contributed by atoms with Crippen LogP contribution in [-0.2, 0) is 11.2 Å². The molecule has 0 saturated heterocycles. The number of amides is 1. The van der Waals surface area contributed by atoms with Gasteiger partial charge in [0.25, 0.3) is 0 Å². The molecule has 0 fully saturated rings. The summed E-state index contributed by atoms with van der Waals surface area (Å²) < 4.78 is 36.4. The average molecular weight is 244 g/mol. The lowest BCUT2D eigenvalue weighted by Gasteiger charge is -2.21. The third kappa shape index (κ3) is 2.51. The first-order chi connectivity index (χ1) is 7.98. The van der Waals surface area contributed by atoms with Crippen LogP contribution in [0.25, 0.3) is 0 Å². The molecule has 1 aromatic carbocycles. The monoisotopic (exact) mass is 244 g/mol. The summed E-state index contributed by atoms with van der Waals surface area (Å²) in [5.74, 6) is -1.95. The molecule has 0 radical (unpaired) electrons. The molecule has 2 N–H and O–H groups in total. The Kier molecular flexibility index (Phi) is 2.95. The van der Waals surface area contributed by atoms with Crippen LogP contribution in [0.1, 0.15) is 12.0 Å². The van der Waals surface area contributed by atoms with Crippen molar-refractivity contribution in [3.8, 4) is 0 Å². The molecule has 1 aliphatic rings. The van der Waals surface area contributed by atoms with Gasteiger partial charge in [-0.2, -0.15) is 13.2 Å². The summed E-state index contributed by atoms with van der Waals surface area (Å²) in [4.78, 5) is 10.9. The van der Waals surface area contributed by atoms with Gasteiger partial charge in [0.05, 0.1) is 11.4 Å². The van der Waals surface area contributed by atoms with E-state index in [9.17, 15) is 18.0 Å². The molecule has 0 bridgehead atoms. The molecule has 2 rings (SSSR count). The zero-order valence-corrected chi connectivity index (χ0v) is 8.90. The minimum Gasteiger partial charge on any atom is -0.383 e. The van der Waals surface area contributed by atoms with Gasteiger partial charge >= 0.3 is 12.1 Å². The van der Waals surface area contributed by atoms with Crippen LogP contribution in [0.5, 0.6) is 0 Å². The van der Waals surface area contributed by atoms with Gasteiger partial charge in [-0.3, -0.25) is 4.79 Å². The summed E-state index contributed by atoms with van der Waals surface area (Å²) in [7, 11) is 0. The Morgan fingerprint density at radius 2 is 2.12 bits per heavy atom. The van der Waals surface area contributed by atoms with Gasteiger partial charge in [0, 0.05) is 6.54 Å². The molecule has 0 aromatic heterocycles. The summed E-state index contributed by atoms with van der Waals surface area (Å²) in [5.41, 5.74) is 1.71. The number of anilines is 2. The van der Waals surface area contributed by atoms with Crippen molar-refractivity contribution in [2.45, 2.75) is 19.0 Å². The number of fused-ring (bicyclic) bond motifs is 1. The highest BCUT2D eigenvalue weighted by Gasteiger charge is 2.39. The zero-order valence-electron chi connectivity index (χ0n) is 8.90. The van der Waals surface area contributed by atoms with Gasteiger partial charge in [-0.05, 0) is 24.5 Å². The van der Waals surface area contributed by atoms with Gasteiger partial charge in [0.2, 0.25) is 0 Å². The molecule has 1 aromatic rings. The van der Waals surface area contributed by atoms with Crippen LogP contribution in [-0.4, -0.2) is 18.6 Å². The Morgan fingerprint density at radius 3 is 2.82 bits per heavy atom. The number of carbonyl (C=O) groups is 1. The van der Waals surface area contributed by atoms with Crippen molar-refractivity contribution in [2.75, 3.05) is 17.2 Å². The number of nitrogens with one attached hydrogen (secondary N) is 2. The summed E-state index contributed by atoms with van der Waals surface area (Å²) in [6.07, 6.45) is -3.13. The molecular weight excluding hydrogens is 233 g/mol. The maximum absolute atomic E-state index is 12.1. The Morgan fingerprint density at radius 1 is 1.35 bits per heavy atom. The van der Waals surface area contributed by atoms with Crippen LogP contribution < -0.4 is 10.6 Å². The van der Waals surface area contributed by atoms with Crippen molar-refractivity contribution in [1.82, 2.24) is 0 Å². The number of halogens is 3. The van der Waals surface area contributed by atoms with E-state index in [4.69, 9.17) is 0 Å². The van der Waals surface area contributed by atoms with Crippen molar-refractivity contribution in [1.29, 1.82) is 0 Å². The van der Waals surface area contributed by atoms with Crippen molar-refractivity contribution in [3.05, 3.63) is 23.8 Å². The van der Waals surface area contributed by atoms with Crippen molar-refractivity contribution >= 4 is 17.3 Å². The van der Waals surface area contributed by atoms with E-state index in [0.29, 0.717) is 12.2 Å². The van der Waals surface area contributed by atoms with Crippen LogP contribution in [0.4, 0.5) is 24.5 Å². The van der Waals surface area contributed by atoms with Gasteiger partial charge in [-0.1, -0.05) is 12.1 Å². The lowest BCUT2D eigenvalue weighted by molar-refractivity contribution is -0.167.